The Kier molecular flexibility index (Phi) is 3.34. The topological polar surface area (TPSA) is 88.5 Å². The van der Waals surface area contributed by atoms with Crippen molar-refractivity contribution >= 4 is 22.5 Å². The van der Waals surface area contributed by atoms with Crippen LogP contribution in [0.25, 0.3) is 10.8 Å². The number of fused-ring (bicyclic) bond motifs is 1. The molecule has 0 fully saturated rings. The van der Waals surface area contributed by atoms with E-state index in [0.717, 1.165) is 6.92 Å². The summed E-state index contributed by atoms with van der Waals surface area (Å²) >= 11 is 0. The molecule has 26 heavy (non-hydrogen) atoms. The number of aromatic hydroxyl groups is 1. The van der Waals surface area contributed by atoms with Crippen molar-refractivity contribution in [2.24, 2.45) is 0 Å². The first kappa shape index (κ1) is 12.0. The number of nitrogens with one attached hydrogen (secondary N) is 1. The first-order valence-corrected chi connectivity index (χ1v) is 7.63. The first-order chi connectivity index (χ1) is 14.4. The van der Waals surface area contributed by atoms with Crippen molar-refractivity contribution in [2.45, 2.75) is 13.8 Å². The summed E-state index contributed by atoms with van der Waals surface area (Å²) in [6, 6.07) is 6.70. The Hall–Kier alpha value is -3.41. The zero-order valence-corrected chi connectivity index (χ0v) is 14.0. The predicted molar refractivity (Wildman–Crippen MR) is 97.7 cm³/mol. The highest BCUT2D eigenvalue weighted by Gasteiger charge is 2.18. The molecular weight excluding hydrogens is 332 g/mol. The summed E-state index contributed by atoms with van der Waals surface area (Å²) in [5.41, 5.74) is -0.109. The Morgan fingerprint density at radius 1 is 1.27 bits per heavy atom. The molecule has 0 spiro atoms. The number of nitrogens with zero attached hydrogens (tertiary/aromatic N) is 1. The number of carbonyl (C=O) groups excluding carboxylic acids is 2. The number of amides is 1. The summed E-state index contributed by atoms with van der Waals surface area (Å²) in [6.45, 7) is -0.0478. The Labute approximate surface area is 157 Å². The van der Waals surface area contributed by atoms with E-state index in [1.165, 1.54) is 30.3 Å². The molecule has 1 amide bonds. The molecule has 0 aliphatic heterocycles. The van der Waals surface area contributed by atoms with E-state index < -0.39 is 29.6 Å². The molecule has 3 rings (SSSR count). The molecule has 6 nitrogen and oxygen atoms in total. The molecule has 6 heteroatoms. The summed E-state index contributed by atoms with van der Waals surface area (Å²) in [6.07, 6.45) is 0. The fraction of sp³-hybridized carbons (Fsp3) is 0.150. The molecule has 0 aliphatic carbocycles. The number of ether oxygens (including phenoxy) is 1. The fourth-order valence-electron chi connectivity index (χ4n) is 2.34. The van der Waals surface area contributed by atoms with E-state index in [-0.39, 0.29) is 35.0 Å². The smallest absolute Gasteiger partial charge is 0.274 e. The maximum Gasteiger partial charge on any atom is 0.274 e. The second-order valence-electron chi connectivity index (χ2n) is 5.41. The number of carbonyl (C=O) groups is 2. The number of aromatic nitrogens is 1. The largest absolute Gasteiger partial charge is 0.505 e. The van der Waals surface area contributed by atoms with Gasteiger partial charge in [0.1, 0.15) is 17.3 Å². The molecule has 1 heterocycles. The Morgan fingerprint density at radius 3 is 2.69 bits per heavy atom. The molecule has 0 saturated heterocycles. The van der Waals surface area contributed by atoms with Crippen molar-refractivity contribution in [3.05, 3.63) is 59.8 Å². The maximum atomic E-state index is 12.4. The minimum absolute atomic E-state index is 0.0192. The van der Waals surface area contributed by atoms with Gasteiger partial charge >= 0.3 is 0 Å². The molecule has 0 bridgehead atoms. The molecule has 132 valence electrons. The Bertz CT molecular complexity index is 1210. The van der Waals surface area contributed by atoms with Gasteiger partial charge in [0.05, 0.1) is 13.4 Å². The van der Waals surface area contributed by atoms with Gasteiger partial charge in [-0.2, -0.15) is 0 Å². The molecule has 1 aromatic heterocycles. The van der Waals surface area contributed by atoms with Gasteiger partial charge in [-0.25, -0.2) is 4.98 Å². The number of ketones is 1. The lowest BCUT2D eigenvalue weighted by Crippen LogP contribution is -2.29. The summed E-state index contributed by atoms with van der Waals surface area (Å²) in [5.74, 6) is -2.23. The minimum Gasteiger partial charge on any atom is -0.505 e. The Morgan fingerprint density at radius 2 is 2.00 bits per heavy atom. The van der Waals surface area contributed by atoms with Crippen LogP contribution in [0.15, 0.2) is 48.5 Å². The Balaban J connectivity index is 2.01. The van der Waals surface area contributed by atoms with Crippen molar-refractivity contribution in [2.75, 3.05) is 6.50 Å². The van der Waals surface area contributed by atoms with Crippen molar-refractivity contribution in [3.8, 4) is 17.2 Å². The number of hydrogen-bond acceptors (Lipinski definition) is 5. The number of pyridine rings is 1. The lowest BCUT2D eigenvalue weighted by molar-refractivity contribution is -0.116. The van der Waals surface area contributed by atoms with E-state index in [0.29, 0.717) is 11.1 Å². The predicted octanol–water partition coefficient (Wildman–Crippen LogP) is 3.36. The molecule has 2 N–H and O–H groups in total. The molecule has 0 atom stereocenters. The van der Waals surface area contributed by atoms with Crippen LogP contribution < -0.4 is 10.1 Å². The van der Waals surface area contributed by atoms with Crippen LogP contribution in [0, 0.1) is 6.92 Å². The standard InChI is InChI=1S/C20H18N2O4/c1-12(23)11-21-20(25)18-19(24)16-9-8-15(10-17(16)13(2)22-18)26-14-6-4-3-5-7-14/h3-10,24H,11H2,1-2H3,(H,21,25)/i3D,6D,7D,11D2. The van der Waals surface area contributed by atoms with E-state index in [2.05, 4.69) is 4.98 Å². The zero-order valence-electron chi connectivity index (χ0n) is 19.0. The number of benzene rings is 2. The number of para-hydroxylation sites is 1. The maximum absolute atomic E-state index is 12.4. The third kappa shape index (κ3) is 3.64. The summed E-state index contributed by atoms with van der Waals surface area (Å²) < 4.78 is 44.1. The normalized spacial score (nSPS) is 13.8. The van der Waals surface area contributed by atoms with E-state index in [9.17, 15) is 14.7 Å². The first-order valence-electron chi connectivity index (χ1n) is 10.1. The van der Waals surface area contributed by atoms with Crippen LogP contribution in [0.3, 0.4) is 0 Å². The van der Waals surface area contributed by atoms with Crippen molar-refractivity contribution in [3.63, 3.8) is 0 Å². The van der Waals surface area contributed by atoms with Gasteiger partial charge in [-0.1, -0.05) is 18.2 Å². The number of rotatable bonds is 5. The average molecular weight is 355 g/mol. The van der Waals surface area contributed by atoms with Crippen LogP contribution in [0.4, 0.5) is 0 Å². The van der Waals surface area contributed by atoms with Crippen molar-refractivity contribution < 1.29 is 26.3 Å². The number of Topliss-reactive ketones (excluding diaryl/α,β-unsaturated/α-hetero) is 1. The van der Waals surface area contributed by atoms with Crippen molar-refractivity contribution in [1.82, 2.24) is 10.3 Å². The van der Waals surface area contributed by atoms with Crippen LogP contribution in [0.5, 0.6) is 17.2 Å². The molecule has 3 aromatic rings. The van der Waals surface area contributed by atoms with Crippen LogP contribution in [-0.2, 0) is 4.79 Å². The van der Waals surface area contributed by atoms with Gasteiger partial charge < -0.3 is 15.2 Å². The second kappa shape index (κ2) is 7.23. The highest BCUT2D eigenvalue weighted by atomic mass is 16.5. The SMILES string of the molecule is [2H]c1cc([2H])c(Oc2ccc3c(O)c(C(=O)NC([2H])([2H])C(C)=O)nc(C)c3c2)c([2H])c1. The molecule has 0 saturated carbocycles. The lowest BCUT2D eigenvalue weighted by atomic mass is 10.1. The zero-order chi connectivity index (χ0) is 23.1. The minimum atomic E-state index is -2.61. The van der Waals surface area contributed by atoms with E-state index >= 15 is 0 Å². The van der Waals surface area contributed by atoms with Gasteiger partial charge in [-0.05, 0) is 44.1 Å². The van der Waals surface area contributed by atoms with Gasteiger partial charge in [0, 0.05) is 16.5 Å². The van der Waals surface area contributed by atoms with Gasteiger partial charge in [0.15, 0.2) is 11.4 Å². The van der Waals surface area contributed by atoms with Crippen LogP contribution >= 0.6 is 0 Å². The third-order valence-electron chi connectivity index (χ3n) is 3.50. The molecule has 2 aromatic carbocycles. The summed E-state index contributed by atoms with van der Waals surface area (Å²) in [7, 11) is 0. The van der Waals surface area contributed by atoms with Gasteiger partial charge in [-0.15, -0.1) is 0 Å². The molecule has 0 unspecified atom stereocenters. The summed E-state index contributed by atoms with van der Waals surface area (Å²) in [5, 5.41) is 13.1. The molecule has 0 radical (unpaired) electrons. The van der Waals surface area contributed by atoms with Crippen LogP contribution in [-0.4, -0.2) is 28.3 Å². The highest BCUT2D eigenvalue weighted by Crippen LogP contribution is 2.33. The number of aryl methyl sites for hydroxylation is 1. The highest BCUT2D eigenvalue weighted by molar-refractivity contribution is 6.03. The quantitative estimate of drug-likeness (QED) is 0.733. The monoisotopic (exact) mass is 355 g/mol. The van der Waals surface area contributed by atoms with E-state index in [1.54, 1.807) is 6.92 Å². The molecular formula is C20H18N2O4. The molecule has 0 aliphatic rings. The fourth-order valence-corrected chi connectivity index (χ4v) is 2.34. The second-order valence-corrected chi connectivity index (χ2v) is 5.41. The third-order valence-corrected chi connectivity index (χ3v) is 3.50. The van der Waals surface area contributed by atoms with E-state index in [4.69, 9.17) is 11.6 Å². The van der Waals surface area contributed by atoms with Crippen LogP contribution in [0.1, 0.15) is 30.0 Å². The summed E-state index contributed by atoms with van der Waals surface area (Å²) in [4.78, 5) is 27.8. The average Bonchev–Trinajstić information content (AvgIpc) is 2.66. The van der Waals surface area contributed by atoms with Crippen LogP contribution in [0.2, 0.25) is 0 Å². The van der Waals surface area contributed by atoms with Gasteiger partial charge in [0.25, 0.3) is 5.91 Å². The van der Waals surface area contributed by atoms with Crippen molar-refractivity contribution in [1.29, 1.82) is 0 Å². The van der Waals surface area contributed by atoms with E-state index in [1.807, 2.05) is 5.32 Å². The number of hydrogen-bond donors (Lipinski definition) is 2. The van der Waals surface area contributed by atoms with Gasteiger partial charge in [-0.3, -0.25) is 9.59 Å². The van der Waals surface area contributed by atoms with Gasteiger partial charge in [0.2, 0.25) is 0 Å². The lowest BCUT2D eigenvalue weighted by Gasteiger charge is -2.12.